The summed E-state index contributed by atoms with van der Waals surface area (Å²) in [4.78, 5) is 29.4. The Kier molecular flexibility index (Phi) is 4.78. The Bertz CT molecular complexity index is 764. The number of hydrogen-bond donors (Lipinski definition) is 0. The quantitative estimate of drug-likeness (QED) is 0.628. The highest BCUT2D eigenvalue weighted by molar-refractivity contribution is 5.77. The van der Waals surface area contributed by atoms with Gasteiger partial charge >= 0.3 is 5.69 Å². The van der Waals surface area contributed by atoms with Gasteiger partial charge in [-0.25, -0.2) is 0 Å². The van der Waals surface area contributed by atoms with E-state index in [1.165, 1.54) is 10.9 Å². The highest BCUT2D eigenvalue weighted by Gasteiger charge is 2.30. The molecule has 2 aromatic rings. The van der Waals surface area contributed by atoms with Gasteiger partial charge in [0.1, 0.15) is 12.7 Å². The van der Waals surface area contributed by atoms with Crippen LogP contribution in [-0.2, 0) is 11.3 Å². The number of aromatic nitrogens is 3. The summed E-state index contributed by atoms with van der Waals surface area (Å²) in [7, 11) is 0. The van der Waals surface area contributed by atoms with Crippen LogP contribution in [0.15, 0.2) is 30.7 Å². The maximum absolute atomic E-state index is 12.7. The number of piperidine rings is 1. The van der Waals surface area contributed by atoms with Crippen molar-refractivity contribution >= 4 is 11.6 Å². The van der Waals surface area contributed by atoms with Crippen LogP contribution >= 0.6 is 0 Å². The van der Waals surface area contributed by atoms with Crippen LogP contribution in [-0.4, -0.2) is 42.6 Å². The maximum Gasteiger partial charge on any atom is 0.314 e. The second-order valence-electron chi connectivity index (χ2n) is 6.48. The van der Waals surface area contributed by atoms with Crippen LogP contribution < -0.4 is 0 Å². The first-order valence-corrected chi connectivity index (χ1v) is 8.40. The van der Waals surface area contributed by atoms with Crippen molar-refractivity contribution in [3.8, 4) is 11.3 Å². The predicted octanol–water partition coefficient (Wildman–Crippen LogP) is 2.64. The van der Waals surface area contributed by atoms with Crippen molar-refractivity contribution in [1.29, 1.82) is 0 Å². The molecule has 1 amide bonds. The molecule has 0 bridgehead atoms. The van der Waals surface area contributed by atoms with E-state index >= 15 is 0 Å². The van der Waals surface area contributed by atoms with Crippen molar-refractivity contribution in [2.24, 2.45) is 0 Å². The number of nitro groups is 1. The van der Waals surface area contributed by atoms with Gasteiger partial charge in [0, 0.05) is 30.0 Å². The molecule has 1 fully saturated rings. The molecule has 0 aromatic carbocycles. The largest absolute Gasteiger partial charge is 0.336 e. The Morgan fingerprint density at radius 2 is 1.92 bits per heavy atom. The van der Waals surface area contributed by atoms with E-state index in [9.17, 15) is 14.9 Å². The molecule has 8 nitrogen and oxygen atoms in total. The molecular formula is C17H21N5O3. The van der Waals surface area contributed by atoms with E-state index in [1.807, 2.05) is 18.7 Å². The fraction of sp³-hybridized carbons (Fsp3) is 0.471. The molecule has 0 aliphatic carbocycles. The van der Waals surface area contributed by atoms with Crippen LogP contribution in [0.2, 0.25) is 0 Å². The van der Waals surface area contributed by atoms with Gasteiger partial charge in [-0.2, -0.15) is 5.10 Å². The highest BCUT2D eigenvalue weighted by Crippen LogP contribution is 2.28. The summed E-state index contributed by atoms with van der Waals surface area (Å²) in [5.74, 6) is -0.0571. The monoisotopic (exact) mass is 343 g/mol. The van der Waals surface area contributed by atoms with E-state index in [1.54, 1.807) is 24.5 Å². The molecule has 1 saturated heterocycles. The summed E-state index contributed by atoms with van der Waals surface area (Å²) < 4.78 is 1.37. The second kappa shape index (κ2) is 7.00. The number of rotatable bonds is 4. The van der Waals surface area contributed by atoms with Gasteiger partial charge in [0.2, 0.25) is 5.91 Å². The summed E-state index contributed by atoms with van der Waals surface area (Å²) in [5, 5.41) is 15.6. The van der Waals surface area contributed by atoms with Gasteiger partial charge in [0.05, 0.1) is 4.92 Å². The third kappa shape index (κ3) is 3.52. The van der Waals surface area contributed by atoms with Crippen LogP contribution in [0.3, 0.4) is 0 Å². The predicted molar refractivity (Wildman–Crippen MR) is 91.7 cm³/mol. The molecule has 132 valence electrons. The molecule has 25 heavy (non-hydrogen) atoms. The van der Waals surface area contributed by atoms with Gasteiger partial charge in [-0.3, -0.25) is 24.6 Å². The zero-order valence-electron chi connectivity index (χ0n) is 14.3. The first kappa shape index (κ1) is 17.1. The molecular weight excluding hydrogens is 322 g/mol. The number of pyridine rings is 1. The lowest BCUT2D eigenvalue weighted by Crippen LogP contribution is -2.48. The SMILES string of the molecule is C[C@@H]1CCC[C@@H](C)N1C(=O)Cn1cc([N+](=O)[O-])c(-c2ccncc2)n1. The maximum atomic E-state index is 12.7. The summed E-state index contributed by atoms with van der Waals surface area (Å²) >= 11 is 0. The Hall–Kier alpha value is -2.77. The first-order valence-electron chi connectivity index (χ1n) is 8.40. The topological polar surface area (TPSA) is 94.2 Å². The van der Waals surface area contributed by atoms with Crippen LogP contribution in [0.4, 0.5) is 5.69 Å². The van der Waals surface area contributed by atoms with Crippen molar-refractivity contribution in [2.75, 3.05) is 0 Å². The van der Waals surface area contributed by atoms with Gasteiger partial charge in [-0.1, -0.05) is 0 Å². The van der Waals surface area contributed by atoms with E-state index < -0.39 is 4.92 Å². The second-order valence-corrected chi connectivity index (χ2v) is 6.48. The van der Waals surface area contributed by atoms with Crippen LogP contribution in [0.1, 0.15) is 33.1 Å². The molecule has 8 heteroatoms. The van der Waals surface area contributed by atoms with E-state index in [-0.39, 0.29) is 35.9 Å². The number of carbonyl (C=O) groups is 1. The number of carbonyl (C=O) groups excluding carboxylic acids is 1. The molecule has 0 saturated carbocycles. The minimum atomic E-state index is -0.476. The van der Waals surface area contributed by atoms with Gasteiger partial charge in [0.15, 0.2) is 5.69 Å². The van der Waals surface area contributed by atoms with E-state index in [0.29, 0.717) is 5.56 Å². The normalized spacial score (nSPS) is 20.5. The minimum Gasteiger partial charge on any atom is -0.336 e. The lowest BCUT2D eigenvalue weighted by Gasteiger charge is -2.39. The summed E-state index contributed by atoms with van der Waals surface area (Å²) in [6, 6.07) is 3.69. The third-order valence-electron chi connectivity index (χ3n) is 4.67. The average molecular weight is 343 g/mol. The lowest BCUT2D eigenvalue weighted by molar-refractivity contribution is -0.384. The molecule has 3 heterocycles. The Morgan fingerprint density at radius 1 is 1.28 bits per heavy atom. The molecule has 3 rings (SSSR count). The summed E-state index contributed by atoms with van der Waals surface area (Å²) in [5.41, 5.74) is 0.742. The number of amides is 1. The van der Waals surface area contributed by atoms with Gasteiger partial charge in [-0.05, 0) is 45.2 Å². The molecule has 2 aromatic heterocycles. The Balaban J connectivity index is 1.86. The van der Waals surface area contributed by atoms with Crippen LogP contribution in [0.25, 0.3) is 11.3 Å². The van der Waals surface area contributed by atoms with Crippen molar-refractivity contribution in [2.45, 2.75) is 51.7 Å². The fourth-order valence-electron chi connectivity index (χ4n) is 3.47. The van der Waals surface area contributed by atoms with E-state index in [2.05, 4.69) is 10.1 Å². The third-order valence-corrected chi connectivity index (χ3v) is 4.67. The first-order chi connectivity index (χ1) is 12.0. The van der Waals surface area contributed by atoms with Crippen LogP contribution in [0.5, 0.6) is 0 Å². The number of nitrogens with zero attached hydrogens (tertiary/aromatic N) is 5. The van der Waals surface area contributed by atoms with Crippen molar-refractivity contribution in [3.05, 3.63) is 40.8 Å². The smallest absolute Gasteiger partial charge is 0.314 e. The number of hydrogen-bond acceptors (Lipinski definition) is 5. The van der Waals surface area contributed by atoms with Crippen molar-refractivity contribution < 1.29 is 9.72 Å². The van der Waals surface area contributed by atoms with Gasteiger partial charge in [-0.15, -0.1) is 0 Å². The molecule has 1 aliphatic rings. The standard InChI is InChI=1S/C17H21N5O3/c1-12-4-3-5-13(2)21(12)16(23)11-20-10-15(22(24)25)17(19-20)14-6-8-18-9-7-14/h6-10,12-13H,3-5,11H2,1-2H3/t12-,13-/m1/s1. The molecule has 0 unspecified atom stereocenters. The number of likely N-dealkylation sites (tertiary alicyclic amines) is 1. The zero-order chi connectivity index (χ0) is 18.0. The molecule has 0 radical (unpaired) electrons. The molecule has 0 N–H and O–H groups in total. The fourth-order valence-corrected chi connectivity index (χ4v) is 3.47. The van der Waals surface area contributed by atoms with Crippen molar-refractivity contribution in [1.82, 2.24) is 19.7 Å². The van der Waals surface area contributed by atoms with E-state index in [4.69, 9.17) is 0 Å². The lowest BCUT2D eigenvalue weighted by atomic mass is 9.97. The average Bonchev–Trinajstić information content (AvgIpc) is 2.99. The molecule has 2 atom stereocenters. The van der Waals surface area contributed by atoms with E-state index in [0.717, 1.165) is 19.3 Å². The highest BCUT2D eigenvalue weighted by atomic mass is 16.6. The summed E-state index contributed by atoms with van der Waals surface area (Å²) in [6.07, 6.45) is 7.52. The summed E-state index contributed by atoms with van der Waals surface area (Å²) in [6.45, 7) is 4.09. The van der Waals surface area contributed by atoms with Crippen molar-refractivity contribution in [3.63, 3.8) is 0 Å². The Morgan fingerprint density at radius 3 is 2.52 bits per heavy atom. The molecule has 0 spiro atoms. The Labute approximate surface area is 145 Å². The van der Waals surface area contributed by atoms with Crippen LogP contribution in [0, 0.1) is 10.1 Å². The van der Waals surface area contributed by atoms with Gasteiger partial charge < -0.3 is 4.90 Å². The minimum absolute atomic E-state index is 0.000599. The van der Waals surface area contributed by atoms with Gasteiger partial charge in [0.25, 0.3) is 0 Å². The molecule has 1 aliphatic heterocycles. The zero-order valence-corrected chi connectivity index (χ0v) is 14.3.